The Morgan fingerprint density at radius 2 is 1.82 bits per heavy atom. The van der Waals surface area contributed by atoms with Crippen LogP contribution in [0.4, 0.5) is 0 Å². The van der Waals surface area contributed by atoms with Gasteiger partial charge in [0, 0.05) is 10.7 Å². The number of hydrogen-bond donors (Lipinski definition) is 0. The molecule has 0 aliphatic rings. The molecule has 0 saturated heterocycles. The summed E-state index contributed by atoms with van der Waals surface area (Å²) in [4.78, 5) is 4.10. The second-order valence-electron chi connectivity index (χ2n) is 3.12. The summed E-state index contributed by atoms with van der Waals surface area (Å²) in [6, 6.07) is 7.37. The Morgan fingerprint density at radius 1 is 1.06 bits per heavy atom. The van der Waals surface area contributed by atoms with Crippen molar-refractivity contribution in [2.75, 3.05) is 0 Å². The van der Waals surface area contributed by atoms with Crippen molar-refractivity contribution in [3.63, 3.8) is 0 Å². The van der Waals surface area contributed by atoms with Gasteiger partial charge in [0.2, 0.25) is 5.88 Å². The smallest absolute Gasteiger partial charge is 0.233 e. The summed E-state index contributed by atoms with van der Waals surface area (Å²) in [7, 11) is 0. The fourth-order valence-electron chi connectivity index (χ4n) is 1.14. The first kappa shape index (κ1) is 13.3. The Balaban J connectivity index is 2.31. The molecule has 0 aliphatic carbocycles. The van der Waals surface area contributed by atoms with Crippen LogP contribution >= 0.6 is 59.4 Å². The van der Waals surface area contributed by atoms with Gasteiger partial charge in [0.05, 0.1) is 14.0 Å². The molecule has 1 aromatic carbocycles. The predicted octanol–water partition coefficient (Wildman–Crippen LogP) is 5.81. The molecule has 88 valence electrons. The Morgan fingerprint density at radius 3 is 2.47 bits per heavy atom. The summed E-state index contributed by atoms with van der Waals surface area (Å²) < 4.78 is 8.19. The van der Waals surface area contributed by atoms with Gasteiger partial charge in [-0.05, 0) is 56.1 Å². The summed E-state index contributed by atoms with van der Waals surface area (Å²) in [6.07, 6.45) is 1.54. The Hall–Kier alpha value is -0.100. The maximum Gasteiger partial charge on any atom is 0.233 e. The van der Waals surface area contributed by atoms with Gasteiger partial charge in [-0.1, -0.05) is 27.5 Å². The molecule has 0 radical (unpaired) electrons. The summed E-state index contributed by atoms with van der Waals surface area (Å²) >= 11 is 16.0. The van der Waals surface area contributed by atoms with Crippen molar-refractivity contribution >= 4 is 59.4 Å². The van der Waals surface area contributed by atoms with E-state index in [1.807, 2.05) is 18.2 Å². The van der Waals surface area contributed by atoms with Gasteiger partial charge < -0.3 is 4.74 Å². The molecule has 0 amide bonds. The van der Waals surface area contributed by atoms with Crippen LogP contribution in [0.3, 0.4) is 0 Å². The predicted molar refractivity (Wildman–Crippen MR) is 78.9 cm³/mol. The third kappa shape index (κ3) is 3.44. The average Bonchev–Trinajstić information content (AvgIpc) is 2.25. The van der Waals surface area contributed by atoms with Crippen molar-refractivity contribution in [1.29, 1.82) is 0 Å². The molecule has 0 spiro atoms. The summed E-state index contributed by atoms with van der Waals surface area (Å²) in [5.74, 6) is 1.15. The van der Waals surface area contributed by atoms with Crippen molar-refractivity contribution < 1.29 is 4.74 Å². The highest BCUT2D eigenvalue weighted by molar-refractivity contribution is 9.11. The zero-order chi connectivity index (χ0) is 12.4. The van der Waals surface area contributed by atoms with Gasteiger partial charge in [-0.15, -0.1) is 0 Å². The summed E-state index contributed by atoms with van der Waals surface area (Å²) in [5, 5.41) is 0.555. The number of pyridine rings is 1. The number of halogens is 4. The standard InChI is InChI=1S/C11H5Br3ClNO/c12-6-1-2-10(8(13)3-6)17-11-9(14)4-7(15)5-16-11/h1-5H. The minimum atomic E-state index is 0.470. The molecular formula is C11H5Br3ClNO. The highest BCUT2D eigenvalue weighted by atomic mass is 79.9. The van der Waals surface area contributed by atoms with Crippen LogP contribution in [0.1, 0.15) is 0 Å². The molecule has 2 rings (SSSR count). The van der Waals surface area contributed by atoms with Crippen molar-refractivity contribution in [2.24, 2.45) is 0 Å². The summed E-state index contributed by atoms with van der Waals surface area (Å²) in [5.41, 5.74) is 0. The molecule has 0 atom stereocenters. The topological polar surface area (TPSA) is 22.1 Å². The fraction of sp³-hybridized carbons (Fsp3) is 0. The normalized spacial score (nSPS) is 10.4. The molecule has 1 aromatic heterocycles. The Labute approximate surface area is 129 Å². The minimum absolute atomic E-state index is 0.470. The average molecular weight is 442 g/mol. The van der Waals surface area contributed by atoms with Crippen molar-refractivity contribution in [2.45, 2.75) is 0 Å². The van der Waals surface area contributed by atoms with Gasteiger partial charge in [-0.25, -0.2) is 4.98 Å². The molecule has 0 unspecified atom stereocenters. The monoisotopic (exact) mass is 439 g/mol. The number of nitrogens with zero attached hydrogens (tertiary/aromatic N) is 1. The van der Waals surface area contributed by atoms with Crippen LogP contribution < -0.4 is 4.74 Å². The van der Waals surface area contributed by atoms with Crippen LogP contribution in [0.5, 0.6) is 11.6 Å². The van der Waals surface area contributed by atoms with Crippen LogP contribution in [-0.4, -0.2) is 4.98 Å². The Kier molecular flexibility index (Phi) is 4.47. The molecule has 0 saturated carbocycles. The van der Waals surface area contributed by atoms with Crippen LogP contribution in [-0.2, 0) is 0 Å². The Bertz CT molecular complexity index is 513. The van der Waals surface area contributed by atoms with E-state index in [4.69, 9.17) is 16.3 Å². The van der Waals surface area contributed by atoms with Crippen LogP contribution in [0, 0.1) is 0 Å². The largest absolute Gasteiger partial charge is 0.437 e. The van der Waals surface area contributed by atoms with Crippen molar-refractivity contribution in [3.8, 4) is 11.6 Å². The maximum absolute atomic E-state index is 5.81. The molecule has 0 aliphatic heterocycles. The maximum atomic E-state index is 5.81. The lowest BCUT2D eigenvalue weighted by molar-refractivity contribution is 0.457. The van der Waals surface area contributed by atoms with Gasteiger partial charge in [0.25, 0.3) is 0 Å². The lowest BCUT2D eigenvalue weighted by Gasteiger charge is -2.08. The minimum Gasteiger partial charge on any atom is -0.437 e. The van der Waals surface area contributed by atoms with E-state index in [0.717, 1.165) is 8.95 Å². The van der Waals surface area contributed by atoms with E-state index in [2.05, 4.69) is 52.8 Å². The first-order chi connectivity index (χ1) is 8.06. The molecule has 0 fully saturated rings. The number of aromatic nitrogens is 1. The molecule has 0 bridgehead atoms. The third-order valence-corrected chi connectivity index (χ3v) is 3.76. The number of benzene rings is 1. The van der Waals surface area contributed by atoms with Crippen molar-refractivity contribution in [3.05, 3.63) is 48.9 Å². The van der Waals surface area contributed by atoms with E-state index in [-0.39, 0.29) is 0 Å². The second-order valence-corrected chi connectivity index (χ2v) is 6.18. The lowest BCUT2D eigenvalue weighted by Crippen LogP contribution is -1.90. The lowest BCUT2D eigenvalue weighted by atomic mass is 10.3. The highest BCUT2D eigenvalue weighted by Crippen LogP contribution is 2.34. The molecule has 2 nitrogen and oxygen atoms in total. The fourth-order valence-corrected chi connectivity index (χ4v) is 2.99. The van der Waals surface area contributed by atoms with Gasteiger partial charge in [0.15, 0.2) is 0 Å². The van der Waals surface area contributed by atoms with Gasteiger partial charge >= 0.3 is 0 Å². The zero-order valence-corrected chi connectivity index (χ0v) is 13.8. The van der Waals surface area contributed by atoms with Crippen LogP contribution in [0.15, 0.2) is 43.9 Å². The van der Waals surface area contributed by atoms with Crippen molar-refractivity contribution in [1.82, 2.24) is 4.98 Å². The summed E-state index contributed by atoms with van der Waals surface area (Å²) in [6.45, 7) is 0. The molecular weight excluding hydrogens is 437 g/mol. The number of ether oxygens (including phenoxy) is 1. The highest BCUT2D eigenvalue weighted by Gasteiger charge is 2.08. The molecule has 1 heterocycles. The number of rotatable bonds is 2. The van der Waals surface area contributed by atoms with E-state index < -0.39 is 0 Å². The van der Waals surface area contributed by atoms with E-state index in [1.54, 1.807) is 6.07 Å². The van der Waals surface area contributed by atoms with E-state index in [1.165, 1.54) is 6.20 Å². The SMILES string of the molecule is Clc1cnc(Oc2ccc(Br)cc2Br)c(Br)c1. The molecule has 2 aromatic rings. The second kappa shape index (κ2) is 5.69. The van der Waals surface area contributed by atoms with Crippen LogP contribution in [0.25, 0.3) is 0 Å². The third-order valence-electron chi connectivity index (χ3n) is 1.87. The molecule has 6 heteroatoms. The number of hydrogen-bond acceptors (Lipinski definition) is 2. The van der Waals surface area contributed by atoms with Gasteiger partial charge in [-0.3, -0.25) is 0 Å². The first-order valence-electron chi connectivity index (χ1n) is 4.50. The van der Waals surface area contributed by atoms with E-state index >= 15 is 0 Å². The van der Waals surface area contributed by atoms with Gasteiger partial charge in [-0.2, -0.15) is 0 Å². The first-order valence-corrected chi connectivity index (χ1v) is 7.26. The van der Waals surface area contributed by atoms with Gasteiger partial charge in [0.1, 0.15) is 5.75 Å². The van der Waals surface area contributed by atoms with E-state index in [9.17, 15) is 0 Å². The van der Waals surface area contributed by atoms with E-state index in [0.29, 0.717) is 21.1 Å². The zero-order valence-electron chi connectivity index (χ0n) is 8.25. The van der Waals surface area contributed by atoms with Crippen LogP contribution in [0.2, 0.25) is 5.02 Å². The molecule has 0 N–H and O–H groups in total. The quantitative estimate of drug-likeness (QED) is 0.585. The molecule has 17 heavy (non-hydrogen) atoms.